The van der Waals surface area contributed by atoms with Gasteiger partial charge in [0.15, 0.2) is 6.79 Å². The minimum absolute atomic E-state index is 0.198. The molecule has 0 aromatic heterocycles. The van der Waals surface area contributed by atoms with Crippen LogP contribution >= 0.6 is 0 Å². The molecule has 2 N–H and O–H groups in total. The van der Waals surface area contributed by atoms with E-state index in [1.54, 1.807) is 20.3 Å². The Hall–Kier alpha value is -1.42. The maximum atomic E-state index is 5.85. The Balaban J connectivity index is 3.01. The number of aryl methyl sites for hydroxylation is 1. The monoisotopic (exact) mass is 211 g/mol. The van der Waals surface area contributed by atoms with Gasteiger partial charge in [-0.1, -0.05) is 6.92 Å². The lowest BCUT2D eigenvalue weighted by atomic mass is 10.1. The number of nitrogen functional groups attached to an aromatic ring is 1. The summed E-state index contributed by atoms with van der Waals surface area (Å²) in [6.07, 6.45) is 0.834. The second-order valence-electron chi connectivity index (χ2n) is 3.11. The Morgan fingerprint density at radius 3 is 2.53 bits per heavy atom. The van der Waals surface area contributed by atoms with Crippen molar-refractivity contribution < 1.29 is 14.2 Å². The largest absolute Gasteiger partial charge is 0.497 e. The summed E-state index contributed by atoms with van der Waals surface area (Å²) in [5.74, 6) is 1.43. The predicted molar refractivity (Wildman–Crippen MR) is 59.3 cm³/mol. The molecule has 84 valence electrons. The van der Waals surface area contributed by atoms with E-state index >= 15 is 0 Å². The molecule has 1 aromatic carbocycles. The summed E-state index contributed by atoms with van der Waals surface area (Å²) in [5.41, 5.74) is 7.44. The van der Waals surface area contributed by atoms with Crippen molar-refractivity contribution in [3.05, 3.63) is 17.7 Å². The van der Waals surface area contributed by atoms with Crippen LogP contribution in [0.5, 0.6) is 11.5 Å². The highest BCUT2D eigenvalue weighted by atomic mass is 16.7. The molecule has 0 aliphatic rings. The smallest absolute Gasteiger partial charge is 0.188 e. The second-order valence-corrected chi connectivity index (χ2v) is 3.11. The number of ether oxygens (including phenoxy) is 3. The minimum atomic E-state index is 0.198. The fraction of sp³-hybridized carbons (Fsp3) is 0.455. The van der Waals surface area contributed by atoms with Crippen LogP contribution in [0.15, 0.2) is 12.1 Å². The molecule has 1 aromatic rings. The van der Waals surface area contributed by atoms with Crippen LogP contribution in [0.4, 0.5) is 5.69 Å². The van der Waals surface area contributed by atoms with Gasteiger partial charge in [0.25, 0.3) is 0 Å². The van der Waals surface area contributed by atoms with Crippen LogP contribution in [0.3, 0.4) is 0 Å². The van der Waals surface area contributed by atoms with E-state index in [-0.39, 0.29) is 6.79 Å². The quantitative estimate of drug-likeness (QED) is 0.596. The van der Waals surface area contributed by atoms with E-state index < -0.39 is 0 Å². The number of nitrogens with two attached hydrogens (primary N) is 1. The van der Waals surface area contributed by atoms with Crippen molar-refractivity contribution in [2.24, 2.45) is 0 Å². The third-order valence-corrected chi connectivity index (χ3v) is 2.11. The van der Waals surface area contributed by atoms with E-state index in [1.807, 2.05) is 13.0 Å². The Morgan fingerprint density at radius 1 is 1.27 bits per heavy atom. The Morgan fingerprint density at radius 2 is 2.00 bits per heavy atom. The van der Waals surface area contributed by atoms with E-state index in [0.717, 1.165) is 17.7 Å². The number of methoxy groups -OCH3 is 2. The van der Waals surface area contributed by atoms with Crippen molar-refractivity contribution in [3.63, 3.8) is 0 Å². The molecule has 4 nitrogen and oxygen atoms in total. The number of rotatable bonds is 5. The van der Waals surface area contributed by atoms with E-state index in [2.05, 4.69) is 0 Å². The van der Waals surface area contributed by atoms with Gasteiger partial charge in [-0.25, -0.2) is 0 Å². The summed E-state index contributed by atoms with van der Waals surface area (Å²) >= 11 is 0. The SMILES string of the molecule is CCc1cc(OC)cc(N)c1OCOC. The number of anilines is 1. The average molecular weight is 211 g/mol. The number of hydrogen-bond acceptors (Lipinski definition) is 4. The normalized spacial score (nSPS) is 10.1. The fourth-order valence-corrected chi connectivity index (χ4v) is 1.36. The molecule has 0 atom stereocenters. The van der Waals surface area contributed by atoms with Gasteiger partial charge >= 0.3 is 0 Å². The molecule has 0 saturated heterocycles. The van der Waals surface area contributed by atoms with E-state index in [4.69, 9.17) is 19.9 Å². The average Bonchev–Trinajstić information content (AvgIpc) is 2.26. The van der Waals surface area contributed by atoms with E-state index in [0.29, 0.717) is 11.4 Å². The maximum Gasteiger partial charge on any atom is 0.188 e. The Kier molecular flexibility index (Phi) is 4.24. The van der Waals surface area contributed by atoms with E-state index in [1.165, 1.54) is 0 Å². The molecule has 0 heterocycles. The Labute approximate surface area is 89.9 Å². The van der Waals surface area contributed by atoms with Gasteiger partial charge in [-0.15, -0.1) is 0 Å². The third-order valence-electron chi connectivity index (χ3n) is 2.11. The van der Waals surface area contributed by atoms with Crippen LogP contribution in [0, 0.1) is 0 Å². The first-order valence-corrected chi connectivity index (χ1v) is 4.81. The van der Waals surface area contributed by atoms with Gasteiger partial charge in [-0.3, -0.25) is 0 Å². The highest BCUT2D eigenvalue weighted by Crippen LogP contribution is 2.31. The summed E-state index contributed by atoms with van der Waals surface area (Å²) in [5, 5.41) is 0. The van der Waals surface area contributed by atoms with Gasteiger partial charge in [0, 0.05) is 13.2 Å². The lowest BCUT2D eigenvalue weighted by molar-refractivity contribution is 0.0510. The zero-order valence-corrected chi connectivity index (χ0v) is 9.37. The van der Waals surface area contributed by atoms with Crippen LogP contribution < -0.4 is 15.2 Å². The topological polar surface area (TPSA) is 53.7 Å². The van der Waals surface area contributed by atoms with Crippen LogP contribution in [0.25, 0.3) is 0 Å². The molecular formula is C11H17NO3. The van der Waals surface area contributed by atoms with Crippen molar-refractivity contribution in [1.82, 2.24) is 0 Å². The van der Waals surface area contributed by atoms with Crippen molar-refractivity contribution in [2.75, 3.05) is 26.7 Å². The van der Waals surface area contributed by atoms with Crippen molar-refractivity contribution in [1.29, 1.82) is 0 Å². The molecule has 0 unspecified atom stereocenters. The second kappa shape index (κ2) is 5.46. The van der Waals surface area contributed by atoms with E-state index in [9.17, 15) is 0 Å². The zero-order valence-electron chi connectivity index (χ0n) is 9.37. The lowest BCUT2D eigenvalue weighted by Gasteiger charge is -2.13. The molecule has 0 bridgehead atoms. The highest BCUT2D eigenvalue weighted by Gasteiger charge is 2.09. The summed E-state index contributed by atoms with van der Waals surface area (Å²) in [6.45, 7) is 2.23. The Bertz CT molecular complexity index is 326. The summed E-state index contributed by atoms with van der Waals surface area (Å²) in [4.78, 5) is 0. The molecule has 1 rings (SSSR count). The molecule has 0 saturated carbocycles. The molecule has 4 heteroatoms. The first-order chi connectivity index (χ1) is 7.22. The lowest BCUT2D eigenvalue weighted by Crippen LogP contribution is -2.05. The zero-order chi connectivity index (χ0) is 11.3. The van der Waals surface area contributed by atoms with Gasteiger partial charge in [-0.05, 0) is 18.1 Å². The molecule has 0 spiro atoms. The molecular weight excluding hydrogens is 194 g/mol. The number of benzene rings is 1. The summed E-state index contributed by atoms with van der Waals surface area (Å²) < 4.78 is 15.4. The fourth-order valence-electron chi connectivity index (χ4n) is 1.36. The molecule has 0 radical (unpaired) electrons. The van der Waals surface area contributed by atoms with Crippen molar-refractivity contribution in [3.8, 4) is 11.5 Å². The predicted octanol–water partition coefficient (Wildman–Crippen LogP) is 1.82. The molecule has 0 amide bonds. The highest BCUT2D eigenvalue weighted by molar-refractivity contribution is 5.60. The molecule has 15 heavy (non-hydrogen) atoms. The standard InChI is InChI=1S/C11H17NO3/c1-4-8-5-9(14-3)6-10(12)11(8)15-7-13-2/h5-6H,4,7,12H2,1-3H3. The van der Waals surface area contributed by atoms with Gasteiger partial charge in [-0.2, -0.15) is 0 Å². The van der Waals surface area contributed by atoms with Gasteiger partial charge in [0.1, 0.15) is 11.5 Å². The number of hydrogen-bond donors (Lipinski definition) is 1. The first-order valence-electron chi connectivity index (χ1n) is 4.81. The summed E-state index contributed by atoms with van der Waals surface area (Å²) in [7, 11) is 3.19. The summed E-state index contributed by atoms with van der Waals surface area (Å²) in [6, 6.07) is 3.66. The van der Waals surface area contributed by atoms with Crippen LogP contribution in [0.2, 0.25) is 0 Å². The van der Waals surface area contributed by atoms with Crippen molar-refractivity contribution >= 4 is 5.69 Å². The minimum Gasteiger partial charge on any atom is -0.497 e. The van der Waals surface area contributed by atoms with Crippen LogP contribution in [0.1, 0.15) is 12.5 Å². The molecule has 0 fully saturated rings. The maximum absolute atomic E-state index is 5.85. The van der Waals surface area contributed by atoms with Gasteiger partial charge in [0.2, 0.25) is 0 Å². The molecule has 0 aliphatic heterocycles. The van der Waals surface area contributed by atoms with Gasteiger partial charge in [0.05, 0.1) is 12.8 Å². The third kappa shape index (κ3) is 2.76. The first kappa shape index (κ1) is 11.7. The van der Waals surface area contributed by atoms with Gasteiger partial charge < -0.3 is 19.9 Å². The van der Waals surface area contributed by atoms with Crippen LogP contribution in [-0.4, -0.2) is 21.0 Å². The van der Waals surface area contributed by atoms with Crippen molar-refractivity contribution in [2.45, 2.75) is 13.3 Å². The van der Waals surface area contributed by atoms with Crippen LogP contribution in [-0.2, 0) is 11.2 Å². The molecule has 0 aliphatic carbocycles.